The molecule has 0 spiro atoms. The summed E-state index contributed by atoms with van der Waals surface area (Å²) in [6.07, 6.45) is 0. The minimum Gasteiger partial charge on any atom is -0.507 e. The number of aromatic nitrogens is 1. The quantitative estimate of drug-likeness (QED) is 0.721. The van der Waals surface area contributed by atoms with Crippen LogP contribution in [0.15, 0.2) is 30.3 Å². The van der Waals surface area contributed by atoms with Gasteiger partial charge in [0, 0.05) is 27.9 Å². The van der Waals surface area contributed by atoms with Gasteiger partial charge in [-0.05, 0) is 33.8 Å². The first kappa shape index (κ1) is 15.4. The molecule has 3 aromatic rings. The average Bonchev–Trinajstić information content (AvgIpc) is 2.80. The molecular weight excluding hydrogens is 290 g/mol. The zero-order chi connectivity index (χ0) is 16.7. The van der Waals surface area contributed by atoms with Crippen LogP contribution in [0, 0.1) is 6.92 Å². The van der Waals surface area contributed by atoms with Crippen molar-refractivity contribution in [3.63, 3.8) is 0 Å². The molecule has 0 radical (unpaired) electrons. The molecule has 23 heavy (non-hydrogen) atoms. The first-order valence-electron chi connectivity index (χ1n) is 7.89. The van der Waals surface area contributed by atoms with Crippen molar-refractivity contribution in [3.8, 4) is 5.75 Å². The van der Waals surface area contributed by atoms with Crippen LogP contribution in [-0.2, 0) is 4.74 Å². The van der Waals surface area contributed by atoms with Crippen LogP contribution >= 0.6 is 0 Å². The summed E-state index contributed by atoms with van der Waals surface area (Å²) in [5, 5.41) is 12.9. The van der Waals surface area contributed by atoms with Crippen LogP contribution in [-0.4, -0.2) is 22.2 Å². The normalized spacial score (nSPS) is 11.5. The van der Waals surface area contributed by atoms with Gasteiger partial charge in [0.15, 0.2) is 0 Å². The Morgan fingerprint density at radius 3 is 2.48 bits per heavy atom. The molecule has 0 saturated carbocycles. The van der Waals surface area contributed by atoms with E-state index in [1.54, 1.807) is 13.0 Å². The summed E-state index contributed by atoms with van der Waals surface area (Å²) in [5.74, 6) is -0.163. The highest BCUT2D eigenvalue weighted by atomic mass is 16.5. The largest absolute Gasteiger partial charge is 0.507 e. The molecule has 1 heterocycles. The van der Waals surface area contributed by atoms with Crippen molar-refractivity contribution in [2.45, 2.75) is 33.7 Å². The molecule has 120 valence electrons. The highest BCUT2D eigenvalue weighted by Crippen LogP contribution is 2.38. The van der Waals surface area contributed by atoms with E-state index in [4.69, 9.17) is 4.74 Å². The van der Waals surface area contributed by atoms with Crippen molar-refractivity contribution in [2.24, 2.45) is 0 Å². The predicted octanol–water partition coefficient (Wildman–Crippen LogP) is 4.57. The van der Waals surface area contributed by atoms with Crippen molar-refractivity contribution >= 4 is 27.6 Å². The summed E-state index contributed by atoms with van der Waals surface area (Å²) < 4.78 is 7.37. The maximum atomic E-state index is 12.4. The van der Waals surface area contributed by atoms with Gasteiger partial charge in [-0.15, -0.1) is 0 Å². The molecule has 0 amide bonds. The lowest BCUT2D eigenvalue weighted by Gasteiger charge is -2.14. The summed E-state index contributed by atoms with van der Waals surface area (Å²) in [5.41, 5.74) is 2.37. The minimum atomic E-state index is -0.343. The molecule has 1 aromatic heterocycles. The third-order valence-electron chi connectivity index (χ3n) is 4.22. The van der Waals surface area contributed by atoms with Crippen LogP contribution < -0.4 is 0 Å². The number of rotatable bonds is 3. The highest BCUT2D eigenvalue weighted by Gasteiger charge is 2.24. The van der Waals surface area contributed by atoms with Gasteiger partial charge in [-0.2, -0.15) is 0 Å². The molecule has 0 aliphatic carbocycles. The van der Waals surface area contributed by atoms with E-state index in [-0.39, 0.29) is 17.8 Å². The van der Waals surface area contributed by atoms with E-state index in [0.717, 1.165) is 27.4 Å². The van der Waals surface area contributed by atoms with Crippen molar-refractivity contribution in [2.75, 3.05) is 6.61 Å². The van der Waals surface area contributed by atoms with Gasteiger partial charge in [0.25, 0.3) is 0 Å². The molecule has 0 fully saturated rings. The van der Waals surface area contributed by atoms with Crippen LogP contribution in [0.2, 0.25) is 0 Å². The number of hydrogen-bond acceptors (Lipinski definition) is 3. The van der Waals surface area contributed by atoms with E-state index in [1.165, 1.54) is 0 Å². The highest BCUT2D eigenvalue weighted by molar-refractivity contribution is 6.16. The Morgan fingerprint density at radius 2 is 1.87 bits per heavy atom. The molecule has 4 nitrogen and oxygen atoms in total. The van der Waals surface area contributed by atoms with Crippen LogP contribution in [0.5, 0.6) is 5.75 Å². The number of phenolic OH excluding ortho intramolecular Hbond substituents is 1. The standard InChI is InChI=1S/C19H21NO3/c1-5-23-19(22)17-12(4)20(11(2)3)18-14-9-7-6-8-13(14)16(21)10-15(17)18/h6-11,21H,5H2,1-4H3. The van der Waals surface area contributed by atoms with E-state index < -0.39 is 0 Å². The molecule has 3 rings (SSSR count). The molecular formula is C19H21NO3. The van der Waals surface area contributed by atoms with Gasteiger partial charge in [-0.25, -0.2) is 4.79 Å². The Kier molecular flexibility index (Phi) is 3.76. The Hall–Kier alpha value is -2.49. The van der Waals surface area contributed by atoms with Crippen LogP contribution in [0.1, 0.15) is 42.9 Å². The smallest absolute Gasteiger partial charge is 0.340 e. The number of nitrogens with zero attached hydrogens (tertiary/aromatic N) is 1. The zero-order valence-electron chi connectivity index (χ0n) is 13.9. The fourth-order valence-electron chi connectivity index (χ4n) is 3.38. The Bertz CT molecular complexity index is 906. The SMILES string of the molecule is CCOC(=O)c1c(C)n(C(C)C)c2c1cc(O)c1ccccc12. The van der Waals surface area contributed by atoms with Gasteiger partial charge in [-0.1, -0.05) is 24.3 Å². The fraction of sp³-hybridized carbons (Fsp3) is 0.316. The number of ether oxygens (including phenoxy) is 1. The fourth-order valence-corrected chi connectivity index (χ4v) is 3.38. The molecule has 1 N–H and O–H groups in total. The van der Waals surface area contributed by atoms with Crippen molar-refractivity contribution < 1.29 is 14.6 Å². The van der Waals surface area contributed by atoms with Crippen molar-refractivity contribution in [3.05, 3.63) is 41.6 Å². The maximum absolute atomic E-state index is 12.4. The third kappa shape index (κ3) is 2.25. The molecule has 0 atom stereocenters. The number of benzene rings is 2. The second-order valence-electron chi connectivity index (χ2n) is 5.98. The Morgan fingerprint density at radius 1 is 1.22 bits per heavy atom. The van der Waals surface area contributed by atoms with Crippen LogP contribution in [0.25, 0.3) is 21.7 Å². The van der Waals surface area contributed by atoms with E-state index in [2.05, 4.69) is 18.4 Å². The number of esters is 1. The average molecular weight is 311 g/mol. The lowest BCUT2D eigenvalue weighted by Crippen LogP contribution is -2.08. The minimum absolute atomic E-state index is 0.180. The molecule has 0 bridgehead atoms. The van der Waals surface area contributed by atoms with Gasteiger partial charge in [0.2, 0.25) is 0 Å². The monoisotopic (exact) mass is 311 g/mol. The van der Waals surface area contributed by atoms with E-state index in [0.29, 0.717) is 12.2 Å². The van der Waals surface area contributed by atoms with Gasteiger partial charge in [-0.3, -0.25) is 0 Å². The van der Waals surface area contributed by atoms with Gasteiger partial charge in [0.1, 0.15) is 5.75 Å². The first-order valence-corrected chi connectivity index (χ1v) is 7.89. The zero-order valence-corrected chi connectivity index (χ0v) is 13.9. The van der Waals surface area contributed by atoms with Crippen LogP contribution in [0.4, 0.5) is 0 Å². The number of carbonyl (C=O) groups excluding carboxylic acids is 1. The van der Waals surface area contributed by atoms with E-state index >= 15 is 0 Å². The first-order chi connectivity index (χ1) is 11.0. The summed E-state index contributed by atoms with van der Waals surface area (Å²) in [7, 11) is 0. The summed E-state index contributed by atoms with van der Waals surface area (Å²) in [4.78, 5) is 12.4. The maximum Gasteiger partial charge on any atom is 0.340 e. The van der Waals surface area contributed by atoms with Gasteiger partial charge >= 0.3 is 5.97 Å². The number of aromatic hydroxyl groups is 1. The van der Waals surface area contributed by atoms with E-state index in [1.807, 2.05) is 31.2 Å². The number of fused-ring (bicyclic) bond motifs is 3. The Balaban J connectivity index is 2.52. The van der Waals surface area contributed by atoms with Crippen LogP contribution in [0.3, 0.4) is 0 Å². The molecule has 0 saturated heterocycles. The number of phenols is 1. The lowest BCUT2D eigenvalue weighted by atomic mass is 10.0. The van der Waals surface area contributed by atoms with E-state index in [9.17, 15) is 9.90 Å². The Labute approximate surface area is 135 Å². The summed E-state index contributed by atoms with van der Waals surface area (Å²) >= 11 is 0. The number of carbonyl (C=O) groups is 1. The van der Waals surface area contributed by atoms with Gasteiger partial charge < -0.3 is 14.4 Å². The van der Waals surface area contributed by atoms with Gasteiger partial charge in [0.05, 0.1) is 17.7 Å². The third-order valence-corrected chi connectivity index (χ3v) is 4.22. The second-order valence-corrected chi connectivity index (χ2v) is 5.98. The topological polar surface area (TPSA) is 51.5 Å². The molecule has 0 aliphatic rings. The molecule has 0 aliphatic heterocycles. The predicted molar refractivity (Wildman–Crippen MR) is 92.2 cm³/mol. The second kappa shape index (κ2) is 5.61. The molecule has 4 heteroatoms. The summed E-state index contributed by atoms with van der Waals surface area (Å²) in [6.45, 7) is 8.22. The summed E-state index contributed by atoms with van der Waals surface area (Å²) in [6, 6.07) is 9.57. The van der Waals surface area contributed by atoms with Crippen molar-refractivity contribution in [1.29, 1.82) is 0 Å². The molecule has 2 aromatic carbocycles. The lowest BCUT2D eigenvalue weighted by molar-refractivity contribution is 0.0527. The molecule has 0 unspecified atom stereocenters. The van der Waals surface area contributed by atoms with Crippen molar-refractivity contribution in [1.82, 2.24) is 4.57 Å². The number of hydrogen-bond donors (Lipinski definition) is 1.